The maximum atomic E-state index is 12.4. The predicted molar refractivity (Wildman–Crippen MR) is 131 cm³/mol. The van der Waals surface area contributed by atoms with E-state index in [1.165, 1.54) is 0 Å². The van der Waals surface area contributed by atoms with Crippen molar-refractivity contribution in [2.75, 3.05) is 7.11 Å². The molecule has 0 amide bonds. The molecule has 0 fully saturated rings. The van der Waals surface area contributed by atoms with E-state index in [-0.39, 0.29) is 11.6 Å². The Morgan fingerprint density at radius 1 is 1.06 bits per heavy atom. The van der Waals surface area contributed by atoms with Gasteiger partial charge in [-0.05, 0) is 85.5 Å². The van der Waals surface area contributed by atoms with Gasteiger partial charge in [0.1, 0.15) is 6.61 Å². The Balaban J connectivity index is 1.59. The van der Waals surface area contributed by atoms with E-state index >= 15 is 0 Å². The fourth-order valence-electron chi connectivity index (χ4n) is 3.02. The van der Waals surface area contributed by atoms with E-state index in [4.69, 9.17) is 25.8 Å². The van der Waals surface area contributed by atoms with Gasteiger partial charge in [-0.2, -0.15) is 0 Å². The molecule has 3 aromatic carbocycles. The number of hydrogen-bond acceptors (Lipinski definition) is 5. The van der Waals surface area contributed by atoms with Gasteiger partial charge in [-0.1, -0.05) is 35.9 Å². The van der Waals surface area contributed by atoms with Crippen molar-refractivity contribution in [1.29, 1.82) is 0 Å². The van der Waals surface area contributed by atoms with E-state index in [1.807, 2.05) is 54.6 Å². The fraction of sp³-hybridized carbons (Fsp3) is 0.0833. The van der Waals surface area contributed by atoms with Crippen LogP contribution >= 0.6 is 43.5 Å². The van der Waals surface area contributed by atoms with Crippen LogP contribution < -0.4 is 9.47 Å². The summed E-state index contributed by atoms with van der Waals surface area (Å²) < 4.78 is 18.3. The Morgan fingerprint density at radius 2 is 1.81 bits per heavy atom. The zero-order valence-corrected chi connectivity index (χ0v) is 20.7. The molecule has 0 saturated carbocycles. The highest BCUT2D eigenvalue weighted by Crippen LogP contribution is 2.38. The van der Waals surface area contributed by atoms with Crippen molar-refractivity contribution < 1.29 is 19.0 Å². The molecule has 162 valence electrons. The lowest BCUT2D eigenvalue weighted by Crippen LogP contribution is -2.05. The van der Waals surface area contributed by atoms with Crippen molar-refractivity contribution in [3.05, 3.63) is 97.0 Å². The molecule has 0 unspecified atom stereocenters. The number of rotatable bonds is 6. The molecule has 3 aromatic rings. The van der Waals surface area contributed by atoms with Crippen LogP contribution in [0.15, 0.2) is 80.3 Å². The number of ether oxygens (including phenoxy) is 3. The Hall–Kier alpha value is -2.61. The molecule has 0 bridgehead atoms. The zero-order valence-electron chi connectivity index (χ0n) is 16.8. The summed E-state index contributed by atoms with van der Waals surface area (Å²) in [7, 11) is 1.56. The number of carbonyl (C=O) groups is 1. The third-order valence-electron chi connectivity index (χ3n) is 4.58. The number of nitrogens with zero attached hydrogens (tertiary/aromatic N) is 1. The molecule has 0 radical (unpaired) electrons. The van der Waals surface area contributed by atoms with Crippen LogP contribution in [0.2, 0.25) is 5.02 Å². The minimum atomic E-state index is -0.520. The van der Waals surface area contributed by atoms with E-state index in [1.54, 1.807) is 19.3 Å². The number of carbonyl (C=O) groups excluding carboxylic acids is 1. The molecule has 0 aromatic heterocycles. The zero-order chi connectivity index (χ0) is 22.7. The summed E-state index contributed by atoms with van der Waals surface area (Å²) in [6.45, 7) is 0.346. The highest BCUT2D eigenvalue weighted by Gasteiger charge is 2.25. The Bertz CT molecular complexity index is 1240. The van der Waals surface area contributed by atoms with Crippen LogP contribution in [-0.2, 0) is 16.1 Å². The molecule has 1 aliphatic rings. The summed E-state index contributed by atoms with van der Waals surface area (Å²) in [5, 5.41) is 0.667. The topological polar surface area (TPSA) is 57.1 Å². The first-order valence-electron chi connectivity index (χ1n) is 9.47. The Kier molecular flexibility index (Phi) is 6.98. The van der Waals surface area contributed by atoms with Crippen LogP contribution in [0.3, 0.4) is 0 Å². The van der Waals surface area contributed by atoms with Crippen molar-refractivity contribution in [2.24, 2.45) is 4.99 Å². The lowest BCUT2D eigenvalue weighted by Gasteiger charge is -2.14. The van der Waals surface area contributed by atoms with Gasteiger partial charge in [-0.25, -0.2) is 9.79 Å². The molecule has 0 N–H and O–H groups in total. The quantitative estimate of drug-likeness (QED) is 0.239. The third kappa shape index (κ3) is 5.06. The van der Waals surface area contributed by atoms with Gasteiger partial charge in [-0.15, -0.1) is 0 Å². The monoisotopic (exact) mass is 575 g/mol. The van der Waals surface area contributed by atoms with Gasteiger partial charge in [0.15, 0.2) is 17.2 Å². The van der Waals surface area contributed by atoms with Crippen LogP contribution in [0.5, 0.6) is 11.5 Å². The number of esters is 1. The van der Waals surface area contributed by atoms with Crippen LogP contribution in [0.1, 0.15) is 16.7 Å². The van der Waals surface area contributed by atoms with E-state index in [0.29, 0.717) is 38.7 Å². The molecular formula is C24H16Br2ClNO4. The van der Waals surface area contributed by atoms with Gasteiger partial charge < -0.3 is 14.2 Å². The molecule has 0 atom stereocenters. The van der Waals surface area contributed by atoms with Crippen molar-refractivity contribution in [3.8, 4) is 11.5 Å². The Labute approximate surface area is 206 Å². The van der Waals surface area contributed by atoms with Crippen molar-refractivity contribution in [3.63, 3.8) is 0 Å². The first-order chi connectivity index (χ1) is 15.4. The molecule has 1 heterocycles. The molecule has 4 rings (SSSR count). The largest absolute Gasteiger partial charge is 0.493 e. The lowest BCUT2D eigenvalue weighted by atomic mass is 10.1. The number of hydrogen-bond donors (Lipinski definition) is 0. The average Bonchev–Trinajstić information content (AvgIpc) is 3.14. The molecule has 32 heavy (non-hydrogen) atoms. The number of cyclic esters (lactones) is 1. The second-order valence-electron chi connectivity index (χ2n) is 6.77. The number of benzene rings is 3. The predicted octanol–water partition coefficient (Wildman–Crippen LogP) is 6.80. The molecule has 1 aliphatic heterocycles. The highest BCUT2D eigenvalue weighted by molar-refractivity contribution is 9.10. The van der Waals surface area contributed by atoms with E-state index < -0.39 is 5.97 Å². The van der Waals surface area contributed by atoms with Crippen LogP contribution in [0, 0.1) is 0 Å². The number of aliphatic imine (C=N–C) groups is 1. The summed E-state index contributed by atoms with van der Waals surface area (Å²) in [5.74, 6) is 0.800. The maximum Gasteiger partial charge on any atom is 0.363 e. The smallest absolute Gasteiger partial charge is 0.363 e. The van der Waals surface area contributed by atoms with Crippen molar-refractivity contribution in [2.45, 2.75) is 6.61 Å². The number of halogens is 3. The second kappa shape index (κ2) is 9.90. The molecule has 0 spiro atoms. The van der Waals surface area contributed by atoms with Gasteiger partial charge in [0.2, 0.25) is 5.90 Å². The minimum absolute atomic E-state index is 0.194. The van der Waals surface area contributed by atoms with Gasteiger partial charge in [0.25, 0.3) is 0 Å². The van der Waals surface area contributed by atoms with E-state index in [2.05, 4.69) is 36.9 Å². The van der Waals surface area contributed by atoms with Crippen LogP contribution in [0.4, 0.5) is 0 Å². The maximum absolute atomic E-state index is 12.4. The van der Waals surface area contributed by atoms with Gasteiger partial charge >= 0.3 is 5.97 Å². The van der Waals surface area contributed by atoms with Gasteiger partial charge in [0.05, 0.1) is 17.1 Å². The SMILES string of the molecule is COc1cc(/C=C2\N=C(c3ccccc3Br)OC2=O)cc(Br)c1OCc1ccc(Cl)cc1. The van der Waals surface area contributed by atoms with Gasteiger partial charge in [0, 0.05) is 9.50 Å². The summed E-state index contributed by atoms with van der Waals surface area (Å²) in [5.41, 5.74) is 2.57. The summed E-state index contributed by atoms with van der Waals surface area (Å²) >= 11 is 12.9. The van der Waals surface area contributed by atoms with Gasteiger partial charge in [-0.3, -0.25) is 0 Å². The lowest BCUT2D eigenvalue weighted by molar-refractivity contribution is -0.129. The molecule has 5 nitrogen and oxygen atoms in total. The number of methoxy groups -OCH3 is 1. The fourth-order valence-corrected chi connectivity index (χ4v) is 4.17. The third-order valence-corrected chi connectivity index (χ3v) is 6.11. The minimum Gasteiger partial charge on any atom is -0.493 e. The normalized spacial score (nSPS) is 14.3. The second-order valence-corrected chi connectivity index (χ2v) is 8.91. The summed E-state index contributed by atoms with van der Waals surface area (Å²) in [6.07, 6.45) is 1.64. The van der Waals surface area contributed by atoms with Crippen LogP contribution in [-0.4, -0.2) is 19.0 Å². The molecule has 0 saturated heterocycles. The first-order valence-corrected chi connectivity index (χ1v) is 11.4. The van der Waals surface area contributed by atoms with Crippen molar-refractivity contribution in [1.82, 2.24) is 0 Å². The molecule has 8 heteroatoms. The molecule has 0 aliphatic carbocycles. The molecular weight excluding hydrogens is 562 g/mol. The van der Waals surface area contributed by atoms with Crippen molar-refractivity contribution >= 4 is 61.4 Å². The summed E-state index contributed by atoms with van der Waals surface area (Å²) in [6, 6.07) is 18.4. The average molecular weight is 578 g/mol. The standard InChI is InChI=1S/C24H16Br2ClNO4/c1-30-21-12-15(10-19(26)22(21)31-13-14-6-8-16(27)9-7-14)11-20-24(29)32-23(28-20)17-4-2-3-5-18(17)25/h2-12H,13H2,1H3/b20-11-. The summed E-state index contributed by atoms with van der Waals surface area (Å²) in [4.78, 5) is 16.7. The van der Waals surface area contributed by atoms with E-state index in [0.717, 1.165) is 10.0 Å². The first kappa shape index (κ1) is 22.6. The Morgan fingerprint density at radius 3 is 2.53 bits per heavy atom. The van der Waals surface area contributed by atoms with E-state index in [9.17, 15) is 4.79 Å². The van der Waals surface area contributed by atoms with Crippen LogP contribution in [0.25, 0.3) is 6.08 Å². The highest BCUT2D eigenvalue weighted by atomic mass is 79.9.